The molecule has 1 aromatic carbocycles. The second kappa shape index (κ2) is 4.45. The number of aromatic nitrogens is 1. The third-order valence-electron chi connectivity index (χ3n) is 4.99. The van der Waals surface area contributed by atoms with E-state index in [1.807, 2.05) is 6.07 Å². The van der Waals surface area contributed by atoms with Crippen LogP contribution in [0.15, 0.2) is 24.3 Å². The molecule has 0 amide bonds. The lowest BCUT2D eigenvalue weighted by Gasteiger charge is -2.40. The maximum atomic E-state index is 9.65. The summed E-state index contributed by atoms with van der Waals surface area (Å²) in [7, 11) is 0. The average molecular weight is 288 g/mol. The Morgan fingerprint density at radius 2 is 2.09 bits per heavy atom. The minimum absolute atomic E-state index is 0.0228. The highest BCUT2D eigenvalue weighted by atomic mass is 15.2. The Bertz CT molecular complexity index is 842. The highest BCUT2D eigenvalue weighted by Gasteiger charge is 2.50. The van der Waals surface area contributed by atoms with Crippen LogP contribution < -0.4 is 4.90 Å². The molecule has 108 valence electrons. The van der Waals surface area contributed by atoms with E-state index in [9.17, 15) is 10.5 Å². The molecule has 1 atom stereocenters. The topological polar surface area (TPSA) is 63.7 Å². The monoisotopic (exact) mass is 288 g/mol. The number of fused-ring (bicyclic) bond motifs is 4. The van der Waals surface area contributed by atoms with Gasteiger partial charge in [-0.1, -0.05) is 11.6 Å². The van der Waals surface area contributed by atoms with Crippen LogP contribution in [0.2, 0.25) is 0 Å². The summed E-state index contributed by atoms with van der Waals surface area (Å²) in [5.74, 6) is 0.972. The van der Waals surface area contributed by atoms with Crippen molar-refractivity contribution in [3.8, 4) is 12.1 Å². The van der Waals surface area contributed by atoms with Crippen molar-refractivity contribution >= 4 is 16.7 Å². The van der Waals surface area contributed by atoms with Gasteiger partial charge in [-0.3, -0.25) is 0 Å². The molecule has 2 aromatic rings. The van der Waals surface area contributed by atoms with Gasteiger partial charge >= 0.3 is 0 Å². The third kappa shape index (κ3) is 1.64. The molecule has 1 aromatic heterocycles. The Kier molecular flexibility index (Phi) is 2.65. The molecule has 1 unspecified atom stereocenters. The average Bonchev–Trinajstić information content (AvgIpc) is 3.02. The molecule has 0 N–H and O–H groups in total. The lowest BCUT2D eigenvalue weighted by atomic mass is 9.74. The van der Waals surface area contributed by atoms with E-state index in [0.29, 0.717) is 6.42 Å². The molecule has 0 aliphatic carbocycles. The molecule has 1 fully saturated rings. The zero-order valence-corrected chi connectivity index (χ0v) is 12.5. The number of benzene rings is 1. The first-order valence-electron chi connectivity index (χ1n) is 7.66. The molecule has 3 heterocycles. The number of nitriles is 2. The Balaban J connectivity index is 1.96. The minimum Gasteiger partial charge on any atom is -0.351 e. The molecule has 0 bridgehead atoms. The quantitative estimate of drug-likeness (QED) is 0.747. The van der Waals surface area contributed by atoms with Crippen molar-refractivity contribution in [2.24, 2.45) is 5.41 Å². The van der Waals surface area contributed by atoms with Gasteiger partial charge in [0.15, 0.2) is 5.41 Å². The summed E-state index contributed by atoms with van der Waals surface area (Å²) in [6.45, 7) is 2.94. The number of hydrogen-bond acceptors (Lipinski definition) is 4. The van der Waals surface area contributed by atoms with Gasteiger partial charge in [-0.25, -0.2) is 4.98 Å². The second-order valence-electron chi connectivity index (χ2n) is 6.39. The van der Waals surface area contributed by atoms with Gasteiger partial charge in [-0.2, -0.15) is 10.5 Å². The van der Waals surface area contributed by atoms with E-state index in [0.717, 1.165) is 41.7 Å². The number of aryl methyl sites for hydroxylation is 1. The Morgan fingerprint density at radius 1 is 1.27 bits per heavy atom. The Morgan fingerprint density at radius 3 is 2.86 bits per heavy atom. The lowest BCUT2D eigenvalue weighted by molar-refractivity contribution is 0.384. The van der Waals surface area contributed by atoms with Crippen LogP contribution in [-0.4, -0.2) is 17.6 Å². The van der Waals surface area contributed by atoms with Crippen molar-refractivity contribution in [2.45, 2.75) is 32.2 Å². The summed E-state index contributed by atoms with van der Waals surface area (Å²) in [5.41, 5.74) is 2.26. The zero-order valence-electron chi connectivity index (χ0n) is 12.5. The van der Waals surface area contributed by atoms with Crippen LogP contribution in [0, 0.1) is 35.0 Å². The first kappa shape index (κ1) is 13.1. The van der Waals surface area contributed by atoms with Crippen molar-refractivity contribution in [2.75, 3.05) is 11.4 Å². The maximum Gasteiger partial charge on any atom is 0.168 e. The predicted octanol–water partition coefficient (Wildman–Crippen LogP) is 3.10. The van der Waals surface area contributed by atoms with Gasteiger partial charge in [-0.15, -0.1) is 0 Å². The Labute approximate surface area is 129 Å². The van der Waals surface area contributed by atoms with E-state index in [2.05, 4.69) is 42.2 Å². The van der Waals surface area contributed by atoms with Crippen molar-refractivity contribution in [1.29, 1.82) is 10.5 Å². The number of nitrogens with zero attached hydrogens (tertiary/aromatic N) is 4. The van der Waals surface area contributed by atoms with Crippen molar-refractivity contribution < 1.29 is 0 Å². The lowest BCUT2D eigenvalue weighted by Crippen LogP contribution is -2.48. The van der Waals surface area contributed by atoms with E-state index < -0.39 is 5.41 Å². The van der Waals surface area contributed by atoms with E-state index in [1.54, 1.807) is 0 Å². The van der Waals surface area contributed by atoms with Crippen molar-refractivity contribution in [1.82, 2.24) is 4.98 Å². The van der Waals surface area contributed by atoms with E-state index in [-0.39, 0.29) is 6.04 Å². The molecule has 22 heavy (non-hydrogen) atoms. The van der Waals surface area contributed by atoms with Crippen LogP contribution in [0.1, 0.15) is 24.0 Å². The maximum absolute atomic E-state index is 9.65. The molecule has 2 aliphatic heterocycles. The van der Waals surface area contributed by atoms with Crippen LogP contribution in [-0.2, 0) is 6.42 Å². The summed E-state index contributed by atoms with van der Waals surface area (Å²) >= 11 is 0. The first-order chi connectivity index (χ1) is 10.7. The normalized spacial score (nSPS) is 21.8. The highest BCUT2D eigenvalue weighted by Crippen LogP contribution is 2.45. The summed E-state index contributed by atoms with van der Waals surface area (Å²) in [4.78, 5) is 7.03. The molecule has 0 radical (unpaired) electrons. The van der Waals surface area contributed by atoms with Gasteiger partial charge in [0.05, 0.1) is 23.7 Å². The smallest absolute Gasteiger partial charge is 0.168 e. The van der Waals surface area contributed by atoms with Crippen LogP contribution in [0.3, 0.4) is 0 Å². The van der Waals surface area contributed by atoms with Crippen LogP contribution in [0.25, 0.3) is 10.9 Å². The molecule has 2 aliphatic rings. The molecule has 1 saturated heterocycles. The largest absolute Gasteiger partial charge is 0.351 e. The van der Waals surface area contributed by atoms with Crippen LogP contribution in [0.4, 0.5) is 5.82 Å². The number of rotatable bonds is 0. The van der Waals surface area contributed by atoms with E-state index in [1.165, 1.54) is 5.56 Å². The van der Waals surface area contributed by atoms with E-state index in [4.69, 9.17) is 4.98 Å². The van der Waals surface area contributed by atoms with Crippen LogP contribution >= 0.6 is 0 Å². The second-order valence-corrected chi connectivity index (χ2v) is 6.39. The van der Waals surface area contributed by atoms with Crippen molar-refractivity contribution in [3.63, 3.8) is 0 Å². The van der Waals surface area contributed by atoms with Gasteiger partial charge in [0, 0.05) is 18.4 Å². The van der Waals surface area contributed by atoms with E-state index >= 15 is 0 Å². The van der Waals surface area contributed by atoms with Gasteiger partial charge in [-0.05, 0) is 43.5 Å². The summed E-state index contributed by atoms with van der Waals surface area (Å²) in [5, 5.41) is 20.4. The predicted molar refractivity (Wildman–Crippen MR) is 84.2 cm³/mol. The summed E-state index contributed by atoms with van der Waals surface area (Å²) < 4.78 is 0. The molecular weight excluding hydrogens is 272 g/mol. The molecule has 4 rings (SSSR count). The molecule has 0 spiro atoms. The van der Waals surface area contributed by atoms with Gasteiger partial charge in [0.2, 0.25) is 0 Å². The van der Waals surface area contributed by atoms with Gasteiger partial charge < -0.3 is 4.90 Å². The van der Waals surface area contributed by atoms with Gasteiger partial charge in [0.25, 0.3) is 0 Å². The zero-order chi connectivity index (χ0) is 15.3. The fourth-order valence-electron chi connectivity index (χ4n) is 3.91. The first-order valence-corrected chi connectivity index (χ1v) is 7.66. The molecular formula is C18H16N4. The fourth-order valence-corrected chi connectivity index (χ4v) is 3.91. The third-order valence-corrected chi connectivity index (χ3v) is 4.99. The summed E-state index contributed by atoms with van der Waals surface area (Å²) in [6, 6.07) is 12.9. The van der Waals surface area contributed by atoms with Crippen LogP contribution in [0.5, 0.6) is 0 Å². The molecule has 4 heteroatoms. The summed E-state index contributed by atoms with van der Waals surface area (Å²) in [6.07, 6.45) is 2.39. The van der Waals surface area contributed by atoms with Crippen molar-refractivity contribution in [3.05, 3.63) is 35.4 Å². The Hall–Kier alpha value is -2.59. The molecule has 4 nitrogen and oxygen atoms in total. The number of pyridine rings is 1. The SMILES string of the molecule is Cc1ccc2nc3c(cc2c1)CC(C#N)(C#N)C1CCCN31. The molecule has 0 saturated carbocycles. The number of hydrogen-bond donors (Lipinski definition) is 0. The highest BCUT2D eigenvalue weighted by molar-refractivity contribution is 5.83. The van der Waals surface area contributed by atoms with Gasteiger partial charge in [0.1, 0.15) is 5.82 Å². The standard InChI is InChI=1S/C18H16N4/c1-12-4-5-15-13(7-12)8-14-9-18(10-19,11-20)16-3-2-6-22(16)17(14)21-15/h4-5,7-8,16H,2-3,6,9H2,1H3. The number of anilines is 1. The fraction of sp³-hybridized carbons (Fsp3) is 0.389. The minimum atomic E-state index is -0.942.